The molecule has 22 heavy (non-hydrogen) atoms. The Bertz CT molecular complexity index is 693. The molecule has 0 heterocycles. The minimum absolute atomic E-state index is 0.0978. The Hall–Kier alpha value is -2.02. The van der Waals surface area contributed by atoms with Crippen LogP contribution in [0.4, 0.5) is 13.2 Å². The van der Waals surface area contributed by atoms with E-state index in [2.05, 4.69) is 21.7 Å². The summed E-state index contributed by atoms with van der Waals surface area (Å²) in [5.74, 6) is -4.56. The van der Waals surface area contributed by atoms with Crippen molar-refractivity contribution in [2.45, 2.75) is 12.3 Å². The van der Waals surface area contributed by atoms with Gasteiger partial charge in [-0.3, -0.25) is 4.79 Å². The van der Waals surface area contributed by atoms with Gasteiger partial charge in [-0.05, 0) is 30.2 Å². The molecule has 2 rings (SSSR count). The van der Waals surface area contributed by atoms with Crippen LogP contribution in [0.15, 0.2) is 30.3 Å². The van der Waals surface area contributed by atoms with Crippen molar-refractivity contribution in [3.8, 4) is 5.75 Å². The molecular formula is C15H13BrF3NO2. The van der Waals surface area contributed by atoms with Crippen LogP contribution in [0.2, 0.25) is 0 Å². The van der Waals surface area contributed by atoms with Gasteiger partial charge < -0.3 is 10.8 Å². The lowest BCUT2D eigenvalue weighted by atomic mass is 10.1. The highest BCUT2D eigenvalue weighted by Gasteiger charge is 2.17. The highest BCUT2D eigenvalue weighted by Crippen LogP contribution is 2.21. The molecule has 3 nitrogen and oxygen atoms in total. The van der Waals surface area contributed by atoms with E-state index in [-0.39, 0.29) is 5.82 Å². The summed E-state index contributed by atoms with van der Waals surface area (Å²) < 4.78 is 38.3. The summed E-state index contributed by atoms with van der Waals surface area (Å²) in [5.41, 5.74) is 5.16. The summed E-state index contributed by atoms with van der Waals surface area (Å²) in [6.07, 6.45) is 0. The monoisotopic (exact) mass is 375 g/mol. The third kappa shape index (κ3) is 4.24. The van der Waals surface area contributed by atoms with E-state index in [1.165, 1.54) is 0 Å². The first-order chi connectivity index (χ1) is 10.3. The fraction of sp³-hybridized carbons (Fsp3) is 0.133. The summed E-state index contributed by atoms with van der Waals surface area (Å²) >= 11 is 3.20. The maximum absolute atomic E-state index is 13.0. The third-order valence-electron chi connectivity index (χ3n) is 2.73. The number of alkyl halides is 1. The van der Waals surface area contributed by atoms with Gasteiger partial charge in [0.2, 0.25) is 0 Å². The average molecular weight is 376 g/mol. The molecule has 0 spiro atoms. The van der Waals surface area contributed by atoms with Crippen LogP contribution in [0, 0.1) is 24.4 Å². The van der Waals surface area contributed by atoms with Crippen molar-refractivity contribution in [1.29, 1.82) is 0 Å². The summed E-state index contributed by atoms with van der Waals surface area (Å²) in [4.78, 5) is 10.4. The Labute approximate surface area is 133 Å². The van der Waals surface area contributed by atoms with Crippen molar-refractivity contribution in [2.24, 2.45) is 5.73 Å². The summed E-state index contributed by atoms with van der Waals surface area (Å²) in [6.45, 7) is 1.77. The number of primary amides is 1. The van der Waals surface area contributed by atoms with Crippen molar-refractivity contribution < 1.29 is 23.1 Å². The molecule has 0 saturated carbocycles. The zero-order valence-corrected chi connectivity index (χ0v) is 13.1. The number of rotatable bonds is 2. The van der Waals surface area contributed by atoms with Gasteiger partial charge in [0.1, 0.15) is 17.2 Å². The number of carbonyl (C=O) groups is 1. The number of phenols is 1. The molecule has 1 amide bonds. The van der Waals surface area contributed by atoms with E-state index in [4.69, 9.17) is 5.11 Å². The molecule has 0 aromatic heterocycles. The number of hydrogen-bond acceptors (Lipinski definition) is 2. The molecule has 0 aliphatic heterocycles. The standard InChI is InChI=1S/C8H8BrF.C7H5F2NO2/c1-6-3-2-4-7(5-9)8(6)10;8-3-1-2-4(11)6(9)5(3)7(10)12/h2-4H,5H2,1H3;1-2,11H,(H2,10,12). The van der Waals surface area contributed by atoms with Gasteiger partial charge in [-0.1, -0.05) is 34.1 Å². The molecule has 3 N–H and O–H groups in total. The molecule has 7 heteroatoms. The van der Waals surface area contributed by atoms with E-state index in [0.29, 0.717) is 10.9 Å². The highest BCUT2D eigenvalue weighted by molar-refractivity contribution is 9.08. The van der Waals surface area contributed by atoms with Crippen LogP contribution in [-0.4, -0.2) is 11.0 Å². The SMILES string of the molecule is Cc1cccc(CBr)c1F.NC(=O)c1c(F)ccc(O)c1F. The van der Waals surface area contributed by atoms with E-state index >= 15 is 0 Å². The van der Waals surface area contributed by atoms with Gasteiger partial charge in [0, 0.05) is 5.33 Å². The zero-order chi connectivity index (χ0) is 16.9. The lowest BCUT2D eigenvalue weighted by Gasteiger charge is -2.00. The normalized spacial score (nSPS) is 9.86. The van der Waals surface area contributed by atoms with Crippen molar-refractivity contribution in [3.63, 3.8) is 0 Å². The number of hydrogen-bond donors (Lipinski definition) is 2. The Morgan fingerprint density at radius 3 is 2.27 bits per heavy atom. The quantitative estimate of drug-likeness (QED) is 0.784. The molecule has 118 valence electrons. The van der Waals surface area contributed by atoms with Crippen molar-refractivity contribution >= 4 is 21.8 Å². The Balaban J connectivity index is 0.000000224. The lowest BCUT2D eigenvalue weighted by molar-refractivity contribution is 0.0991. The second-order valence-corrected chi connectivity index (χ2v) is 4.86. The molecule has 0 fully saturated rings. The van der Waals surface area contributed by atoms with Crippen molar-refractivity contribution in [3.05, 3.63) is 64.5 Å². The van der Waals surface area contributed by atoms with Crippen molar-refractivity contribution in [1.82, 2.24) is 0 Å². The highest BCUT2D eigenvalue weighted by atomic mass is 79.9. The van der Waals surface area contributed by atoms with E-state index in [9.17, 15) is 18.0 Å². The van der Waals surface area contributed by atoms with Crippen LogP contribution >= 0.6 is 15.9 Å². The number of aryl methyl sites for hydroxylation is 1. The number of amides is 1. The van der Waals surface area contributed by atoms with Crippen LogP contribution in [0.3, 0.4) is 0 Å². The molecule has 0 saturated heterocycles. The topological polar surface area (TPSA) is 63.3 Å². The average Bonchev–Trinajstić information content (AvgIpc) is 2.47. The number of phenolic OH excluding ortho intramolecular Hbond substituents is 1. The Morgan fingerprint density at radius 2 is 1.82 bits per heavy atom. The fourth-order valence-electron chi connectivity index (χ4n) is 1.58. The summed E-state index contributed by atoms with van der Waals surface area (Å²) in [7, 11) is 0. The fourth-order valence-corrected chi connectivity index (χ4v) is 2.01. The van der Waals surface area contributed by atoms with Crippen LogP contribution < -0.4 is 5.73 Å². The molecular weight excluding hydrogens is 363 g/mol. The second-order valence-electron chi connectivity index (χ2n) is 4.30. The number of aromatic hydroxyl groups is 1. The van der Waals surface area contributed by atoms with E-state index in [0.717, 1.165) is 17.7 Å². The van der Waals surface area contributed by atoms with Crippen LogP contribution in [-0.2, 0) is 5.33 Å². The first kappa shape index (κ1) is 18.0. The first-order valence-corrected chi connectivity index (χ1v) is 7.18. The number of carbonyl (C=O) groups excluding carboxylic acids is 1. The molecule has 0 atom stereocenters. The van der Waals surface area contributed by atoms with Gasteiger partial charge in [-0.15, -0.1) is 0 Å². The minimum Gasteiger partial charge on any atom is -0.505 e. The smallest absolute Gasteiger partial charge is 0.254 e. The van der Waals surface area contributed by atoms with E-state index < -0.39 is 28.9 Å². The van der Waals surface area contributed by atoms with E-state index in [1.807, 2.05) is 6.07 Å². The number of halogens is 4. The Kier molecular flexibility index (Phi) is 6.42. The van der Waals surface area contributed by atoms with Crippen LogP contribution in [0.25, 0.3) is 0 Å². The Morgan fingerprint density at radius 1 is 1.18 bits per heavy atom. The van der Waals surface area contributed by atoms with Crippen molar-refractivity contribution in [2.75, 3.05) is 0 Å². The molecule has 0 aliphatic carbocycles. The lowest BCUT2D eigenvalue weighted by Crippen LogP contribution is -2.15. The summed E-state index contributed by atoms with van der Waals surface area (Å²) in [5, 5.41) is 9.31. The first-order valence-electron chi connectivity index (χ1n) is 6.06. The molecule has 0 radical (unpaired) electrons. The molecule has 2 aromatic carbocycles. The van der Waals surface area contributed by atoms with Gasteiger partial charge in [-0.2, -0.15) is 0 Å². The molecule has 0 aliphatic rings. The van der Waals surface area contributed by atoms with Gasteiger partial charge in [-0.25, -0.2) is 13.2 Å². The maximum atomic E-state index is 13.0. The van der Waals surface area contributed by atoms with Gasteiger partial charge in [0.15, 0.2) is 11.6 Å². The predicted molar refractivity (Wildman–Crippen MR) is 80.3 cm³/mol. The number of nitrogens with two attached hydrogens (primary N) is 1. The zero-order valence-electron chi connectivity index (χ0n) is 11.5. The van der Waals surface area contributed by atoms with Gasteiger partial charge in [0.25, 0.3) is 5.91 Å². The predicted octanol–water partition coefficient (Wildman–Crippen LogP) is 3.80. The second kappa shape index (κ2) is 7.84. The van der Waals surface area contributed by atoms with Gasteiger partial charge in [0.05, 0.1) is 0 Å². The van der Waals surface area contributed by atoms with Crippen LogP contribution in [0.5, 0.6) is 5.75 Å². The summed E-state index contributed by atoms with van der Waals surface area (Å²) in [6, 6.07) is 6.96. The van der Waals surface area contributed by atoms with Crippen LogP contribution in [0.1, 0.15) is 21.5 Å². The number of benzene rings is 2. The third-order valence-corrected chi connectivity index (χ3v) is 3.34. The largest absolute Gasteiger partial charge is 0.505 e. The molecule has 0 bridgehead atoms. The molecule has 0 unspecified atom stereocenters. The minimum atomic E-state index is -1.33. The molecule has 2 aromatic rings. The van der Waals surface area contributed by atoms with E-state index in [1.54, 1.807) is 19.1 Å². The maximum Gasteiger partial charge on any atom is 0.254 e. The van der Waals surface area contributed by atoms with Gasteiger partial charge >= 0.3 is 0 Å².